The number of fused-ring (bicyclic) bond motifs is 2. The number of pyridine rings is 1. The number of aliphatic hydroxyl groups is 1. The van der Waals surface area contributed by atoms with Gasteiger partial charge < -0.3 is 25.6 Å². The van der Waals surface area contributed by atoms with Crippen LogP contribution in [0, 0.1) is 12.7 Å². The number of nitrogens with two attached hydrogens (primary N) is 1. The van der Waals surface area contributed by atoms with E-state index in [2.05, 4.69) is 15.3 Å². The number of hydrogen-bond donors (Lipinski definition) is 3. The minimum atomic E-state index is -1.66. The molecule has 11 heteroatoms. The molecule has 1 aliphatic heterocycles. The lowest BCUT2D eigenvalue weighted by atomic mass is 9.82. The van der Waals surface area contributed by atoms with E-state index in [0.717, 1.165) is 9.71 Å². The predicted molar refractivity (Wildman–Crippen MR) is 144 cm³/mol. The van der Waals surface area contributed by atoms with Gasteiger partial charge in [0.25, 0.3) is 5.91 Å². The summed E-state index contributed by atoms with van der Waals surface area (Å²) in [6.45, 7) is 4.83. The van der Waals surface area contributed by atoms with Gasteiger partial charge in [-0.05, 0) is 63.2 Å². The molecule has 9 nitrogen and oxygen atoms in total. The van der Waals surface area contributed by atoms with E-state index in [1.54, 1.807) is 25.1 Å². The molecular weight excluding hydrogens is 523 g/mol. The summed E-state index contributed by atoms with van der Waals surface area (Å²) in [5.41, 5.74) is 5.43. The van der Waals surface area contributed by atoms with E-state index < -0.39 is 28.6 Å². The molecular formula is C28H27FN4O5S. The summed E-state index contributed by atoms with van der Waals surface area (Å²) >= 11 is 1.44. The highest BCUT2D eigenvalue weighted by molar-refractivity contribution is 7.18. The Morgan fingerprint density at radius 1 is 1.26 bits per heavy atom. The van der Waals surface area contributed by atoms with E-state index >= 15 is 0 Å². The molecule has 2 atom stereocenters. The van der Waals surface area contributed by atoms with Gasteiger partial charge in [0, 0.05) is 16.7 Å². The lowest BCUT2D eigenvalue weighted by molar-refractivity contribution is -0.123. The number of ether oxygens (including phenoxy) is 2. The molecule has 4 N–H and O–H groups in total. The van der Waals surface area contributed by atoms with Crippen molar-refractivity contribution in [2.24, 2.45) is 5.73 Å². The Hall–Kier alpha value is -4.09. The van der Waals surface area contributed by atoms with Gasteiger partial charge in [-0.2, -0.15) is 0 Å². The van der Waals surface area contributed by atoms with Gasteiger partial charge in [0.1, 0.15) is 46.1 Å². The first-order valence-corrected chi connectivity index (χ1v) is 12.9. The third-order valence-corrected chi connectivity index (χ3v) is 7.85. The Kier molecular flexibility index (Phi) is 6.51. The Morgan fingerprint density at radius 2 is 1.97 bits per heavy atom. The molecule has 2 aromatic carbocycles. The summed E-state index contributed by atoms with van der Waals surface area (Å²) < 4.78 is 25.7. The van der Waals surface area contributed by atoms with Crippen LogP contribution < -0.4 is 20.5 Å². The third-order valence-electron chi connectivity index (χ3n) is 6.93. The molecule has 0 unspecified atom stereocenters. The van der Waals surface area contributed by atoms with Crippen LogP contribution in [0.5, 0.6) is 11.5 Å². The highest BCUT2D eigenvalue weighted by atomic mass is 32.1. The van der Waals surface area contributed by atoms with Crippen molar-refractivity contribution in [1.82, 2.24) is 15.3 Å². The smallest absolute Gasteiger partial charge is 0.251 e. The molecule has 1 aliphatic rings. The number of thiazole rings is 1. The van der Waals surface area contributed by atoms with Crippen molar-refractivity contribution in [3.8, 4) is 22.8 Å². The number of primary amides is 1. The van der Waals surface area contributed by atoms with Crippen molar-refractivity contribution in [2.75, 3.05) is 20.3 Å². The monoisotopic (exact) mass is 550 g/mol. The predicted octanol–water partition coefficient (Wildman–Crippen LogP) is 3.59. The van der Waals surface area contributed by atoms with Crippen LogP contribution >= 0.6 is 11.3 Å². The van der Waals surface area contributed by atoms with Gasteiger partial charge in [-0.15, -0.1) is 11.3 Å². The van der Waals surface area contributed by atoms with E-state index in [9.17, 15) is 19.1 Å². The normalized spacial score (nSPS) is 17.8. The lowest BCUT2D eigenvalue weighted by Crippen LogP contribution is -2.41. The van der Waals surface area contributed by atoms with E-state index in [1.807, 2.05) is 6.92 Å². The molecule has 5 rings (SSSR count). The number of halogens is 1. The van der Waals surface area contributed by atoms with Crippen LogP contribution in [0.4, 0.5) is 4.39 Å². The Morgan fingerprint density at radius 3 is 2.64 bits per heavy atom. The quantitative estimate of drug-likeness (QED) is 0.320. The van der Waals surface area contributed by atoms with Gasteiger partial charge in [0.05, 0.1) is 29.1 Å². The van der Waals surface area contributed by atoms with Crippen molar-refractivity contribution in [3.05, 3.63) is 70.1 Å². The number of nitrogens with one attached hydrogen (secondary N) is 1. The van der Waals surface area contributed by atoms with Crippen LogP contribution in [-0.4, -0.2) is 47.2 Å². The summed E-state index contributed by atoms with van der Waals surface area (Å²) in [5.74, 6) is -0.631. The average molecular weight is 551 g/mol. The summed E-state index contributed by atoms with van der Waals surface area (Å²) in [7, 11) is 1.51. The molecule has 39 heavy (non-hydrogen) atoms. The van der Waals surface area contributed by atoms with Gasteiger partial charge >= 0.3 is 0 Å². The molecule has 0 radical (unpaired) electrons. The van der Waals surface area contributed by atoms with Crippen LogP contribution in [0.1, 0.15) is 40.5 Å². The topological polar surface area (TPSA) is 137 Å². The molecule has 4 aromatic rings. The van der Waals surface area contributed by atoms with Gasteiger partial charge in [-0.3, -0.25) is 9.59 Å². The van der Waals surface area contributed by atoms with Crippen LogP contribution in [0.3, 0.4) is 0 Å². The minimum Gasteiger partial charge on any atom is -0.494 e. The fourth-order valence-corrected chi connectivity index (χ4v) is 5.39. The number of carbonyl (C=O) groups excluding carboxylic acids is 2. The third kappa shape index (κ3) is 4.68. The maximum Gasteiger partial charge on any atom is 0.251 e. The highest BCUT2D eigenvalue weighted by Crippen LogP contribution is 2.45. The number of aryl methyl sites for hydroxylation is 1. The zero-order valence-electron chi connectivity index (χ0n) is 21.8. The second kappa shape index (κ2) is 9.58. The molecule has 0 fully saturated rings. The van der Waals surface area contributed by atoms with Crippen molar-refractivity contribution >= 4 is 33.4 Å². The summed E-state index contributed by atoms with van der Waals surface area (Å²) in [5, 5.41) is 15.1. The fraction of sp³-hybridized carbons (Fsp3) is 0.286. The molecule has 0 aliphatic carbocycles. The van der Waals surface area contributed by atoms with E-state index in [-0.39, 0.29) is 18.8 Å². The van der Waals surface area contributed by atoms with Gasteiger partial charge in [-0.1, -0.05) is 0 Å². The van der Waals surface area contributed by atoms with Crippen LogP contribution in [0.15, 0.2) is 42.5 Å². The minimum absolute atomic E-state index is 0.00274. The number of amides is 2. The number of rotatable bonds is 7. The molecule has 0 bridgehead atoms. The van der Waals surface area contributed by atoms with Crippen molar-refractivity contribution in [2.45, 2.75) is 31.8 Å². The number of methoxy groups -OCH3 is 1. The summed E-state index contributed by atoms with van der Waals surface area (Å²) in [6.07, 6.45) is 0. The van der Waals surface area contributed by atoms with Crippen molar-refractivity contribution in [3.63, 3.8) is 0 Å². The Bertz CT molecular complexity index is 1620. The van der Waals surface area contributed by atoms with Crippen molar-refractivity contribution < 1.29 is 28.6 Å². The fourth-order valence-electron chi connectivity index (χ4n) is 4.51. The molecule has 0 spiro atoms. The number of benzene rings is 2. The SMILES string of the molecule is COc1cc(C(=O)NC[C@](C)(O)c2cc3c(c(-c4ccc(F)cc4)n2)OC[C@]3(C)C(N)=O)cc2sc(C)nc12. The summed E-state index contributed by atoms with van der Waals surface area (Å²) in [4.78, 5) is 34.6. The molecule has 2 amide bonds. The van der Waals surface area contributed by atoms with E-state index in [1.165, 1.54) is 49.6 Å². The first-order chi connectivity index (χ1) is 18.4. The number of carbonyl (C=O) groups is 2. The average Bonchev–Trinajstić information content (AvgIpc) is 3.46. The molecule has 2 aromatic heterocycles. The summed E-state index contributed by atoms with van der Waals surface area (Å²) in [6, 6.07) is 10.5. The Balaban J connectivity index is 1.49. The molecule has 202 valence electrons. The number of hydrogen-bond acceptors (Lipinski definition) is 8. The maximum absolute atomic E-state index is 13.6. The van der Waals surface area contributed by atoms with Gasteiger partial charge in [-0.25, -0.2) is 14.4 Å². The lowest BCUT2D eigenvalue weighted by Gasteiger charge is -2.26. The largest absolute Gasteiger partial charge is 0.494 e. The second-order valence-corrected chi connectivity index (χ2v) is 11.2. The van der Waals surface area contributed by atoms with Crippen LogP contribution in [-0.2, 0) is 15.8 Å². The first-order valence-electron chi connectivity index (χ1n) is 12.1. The van der Waals surface area contributed by atoms with Gasteiger partial charge in [0.2, 0.25) is 5.91 Å². The Labute approximate surface area is 227 Å². The number of aromatic nitrogens is 2. The van der Waals surface area contributed by atoms with Crippen molar-refractivity contribution in [1.29, 1.82) is 0 Å². The highest BCUT2D eigenvalue weighted by Gasteiger charge is 2.45. The van der Waals surface area contributed by atoms with Crippen LogP contribution in [0.2, 0.25) is 0 Å². The zero-order chi connectivity index (χ0) is 28.1. The molecule has 0 saturated heterocycles. The van der Waals surface area contributed by atoms with Gasteiger partial charge in [0.15, 0.2) is 0 Å². The zero-order valence-corrected chi connectivity index (χ0v) is 22.6. The van der Waals surface area contributed by atoms with E-state index in [0.29, 0.717) is 39.4 Å². The number of nitrogens with zero attached hydrogens (tertiary/aromatic N) is 2. The molecule has 0 saturated carbocycles. The van der Waals surface area contributed by atoms with Crippen LogP contribution in [0.25, 0.3) is 21.5 Å². The molecule has 3 heterocycles. The standard InChI is InChI=1S/C28H27FN4O5S/c1-14-32-23-19(37-4)9-16(10-20(23)39-14)25(34)31-12-28(3,36)21-11-18-24(38-13-27(18,2)26(30)35)22(33-21)15-5-7-17(29)8-6-15/h5-11,36H,12-13H2,1-4H3,(H2,30,35)(H,31,34)/t27-,28-/m0/s1. The first kappa shape index (κ1) is 26.5. The van der Waals surface area contributed by atoms with E-state index in [4.69, 9.17) is 15.2 Å². The second-order valence-electron chi connectivity index (χ2n) is 9.94. The maximum atomic E-state index is 13.6.